The average molecular weight is 616 g/mol. The first-order chi connectivity index (χ1) is 21.4. The van der Waals surface area contributed by atoms with E-state index in [-0.39, 0.29) is 17.7 Å². The average Bonchev–Trinajstić information content (AvgIpc) is 2.99. The summed E-state index contributed by atoms with van der Waals surface area (Å²) in [6, 6.07) is 19.8. The predicted molar refractivity (Wildman–Crippen MR) is 184 cm³/mol. The van der Waals surface area contributed by atoms with Gasteiger partial charge in [-0.25, -0.2) is 4.79 Å². The minimum atomic E-state index is -0.897. The monoisotopic (exact) mass is 615 g/mol. The summed E-state index contributed by atoms with van der Waals surface area (Å²) < 4.78 is 5.55. The van der Waals surface area contributed by atoms with Crippen LogP contribution in [0.15, 0.2) is 66.7 Å². The summed E-state index contributed by atoms with van der Waals surface area (Å²) >= 11 is 0. The van der Waals surface area contributed by atoms with Crippen LogP contribution in [-0.4, -0.2) is 41.0 Å². The van der Waals surface area contributed by atoms with Crippen molar-refractivity contribution >= 4 is 34.4 Å². The predicted octanol–water partition coefficient (Wildman–Crippen LogP) is 8.96. The molecule has 3 aromatic rings. The molecule has 0 heterocycles. The van der Waals surface area contributed by atoms with Crippen molar-refractivity contribution in [2.45, 2.75) is 111 Å². The van der Waals surface area contributed by atoms with Gasteiger partial charge >= 0.3 is 6.09 Å². The highest BCUT2D eigenvalue weighted by molar-refractivity contribution is 6.00. The number of amides is 3. The molecule has 3 unspecified atom stereocenters. The first kappa shape index (κ1) is 35.6. The highest BCUT2D eigenvalue weighted by Gasteiger charge is 2.38. The van der Waals surface area contributed by atoms with Crippen LogP contribution in [0.1, 0.15) is 104 Å². The summed E-state index contributed by atoms with van der Waals surface area (Å²) in [4.78, 5) is 43.6. The van der Waals surface area contributed by atoms with Crippen LogP contribution in [0.3, 0.4) is 0 Å². The first-order valence-corrected chi connectivity index (χ1v) is 16.6. The second-order valence-corrected chi connectivity index (χ2v) is 13.2. The van der Waals surface area contributed by atoms with E-state index in [2.05, 4.69) is 17.6 Å². The number of nitrogens with zero attached hydrogens (tertiary/aromatic N) is 1. The zero-order valence-corrected chi connectivity index (χ0v) is 28.3. The van der Waals surface area contributed by atoms with Crippen molar-refractivity contribution in [1.29, 1.82) is 0 Å². The Hall–Kier alpha value is -3.87. The van der Waals surface area contributed by atoms with Crippen LogP contribution in [0.5, 0.6) is 0 Å². The number of nitrogens with one attached hydrogen (secondary N) is 2. The molecule has 0 saturated carbocycles. The van der Waals surface area contributed by atoms with Gasteiger partial charge in [0.2, 0.25) is 5.91 Å². The minimum absolute atomic E-state index is 0.182. The molecule has 45 heavy (non-hydrogen) atoms. The van der Waals surface area contributed by atoms with Gasteiger partial charge in [-0.05, 0) is 68.5 Å². The van der Waals surface area contributed by atoms with Gasteiger partial charge in [0, 0.05) is 12.2 Å². The van der Waals surface area contributed by atoms with Crippen LogP contribution >= 0.6 is 0 Å². The topological polar surface area (TPSA) is 87.7 Å². The summed E-state index contributed by atoms with van der Waals surface area (Å²) in [6.45, 7) is 13.9. The van der Waals surface area contributed by atoms with Gasteiger partial charge < -0.3 is 20.3 Å². The lowest BCUT2D eigenvalue weighted by molar-refractivity contribution is -0.142. The molecule has 7 heteroatoms. The minimum Gasteiger partial charge on any atom is -0.444 e. The molecular formula is C38H53N3O4. The molecule has 3 amide bonds. The first-order valence-electron chi connectivity index (χ1n) is 16.6. The number of alkyl carbamates (subject to hydrolysis) is 1. The third kappa shape index (κ3) is 10.9. The molecule has 0 fully saturated rings. The van der Waals surface area contributed by atoms with Crippen molar-refractivity contribution in [2.75, 3.05) is 11.9 Å². The van der Waals surface area contributed by atoms with Gasteiger partial charge in [-0.15, -0.1) is 0 Å². The standard InChI is InChI=1S/C38H53N3O4/c1-8-10-11-12-13-16-24-41(36(43)33(28(4)9-2)40-37(44)45-38(5,6)7)34(31-21-17-18-27(3)25-31)35(42)39-32-23-22-29-19-14-15-20-30(29)26-32/h14-15,17-23,25-26,28,33-34H,8-13,16,24H2,1-7H3,(H,39,42)(H,40,44). The molecule has 0 aromatic heterocycles. The van der Waals surface area contributed by atoms with Crippen LogP contribution in [0.25, 0.3) is 10.8 Å². The van der Waals surface area contributed by atoms with Gasteiger partial charge in [-0.2, -0.15) is 0 Å². The van der Waals surface area contributed by atoms with Gasteiger partial charge in [0.15, 0.2) is 0 Å². The highest BCUT2D eigenvalue weighted by atomic mass is 16.6. The van der Waals surface area contributed by atoms with Gasteiger partial charge in [-0.1, -0.05) is 119 Å². The number of hydrogen-bond donors (Lipinski definition) is 2. The maximum atomic E-state index is 14.6. The Bertz CT molecular complexity index is 1410. The molecule has 3 atom stereocenters. The van der Waals surface area contributed by atoms with E-state index in [1.54, 1.807) is 25.7 Å². The SMILES string of the molecule is CCCCCCCCN(C(=O)C(NC(=O)OC(C)(C)C)C(C)CC)C(C(=O)Nc1ccc2ccccc2c1)c1cccc(C)c1. The number of aryl methyl sites for hydroxylation is 1. The maximum Gasteiger partial charge on any atom is 0.408 e. The molecule has 0 aliphatic carbocycles. The molecule has 3 aromatic carbocycles. The normalized spacial score (nSPS) is 13.5. The molecule has 0 spiro atoms. The largest absolute Gasteiger partial charge is 0.444 e. The van der Waals surface area contributed by atoms with Crippen molar-refractivity contribution < 1.29 is 19.1 Å². The number of benzene rings is 3. The maximum absolute atomic E-state index is 14.6. The number of ether oxygens (including phenoxy) is 1. The Morgan fingerprint density at radius 2 is 1.53 bits per heavy atom. The third-order valence-corrected chi connectivity index (χ3v) is 8.12. The van der Waals surface area contributed by atoms with Crippen molar-refractivity contribution in [1.82, 2.24) is 10.2 Å². The van der Waals surface area contributed by atoms with Crippen LogP contribution in [0, 0.1) is 12.8 Å². The molecular weight excluding hydrogens is 562 g/mol. The molecule has 0 aliphatic rings. The number of anilines is 1. The lowest BCUT2D eigenvalue weighted by atomic mass is 9.95. The Labute approximate surface area is 270 Å². The molecule has 0 bridgehead atoms. The fourth-order valence-electron chi connectivity index (χ4n) is 5.52. The molecule has 0 radical (unpaired) electrons. The number of carbonyl (C=O) groups excluding carboxylic acids is 3. The number of rotatable bonds is 15. The fourth-order valence-corrected chi connectivity index (χ4v) is 5.52. The van der Waals surface area contributed by atoms with E-state index in [9.17, 15) is 14.4 Å². The van der Waals surface area contributed by atoms with E-state index in [0.717, 1.165) is 54.0 Å². The van der Waals surface area contributed by atoms with Crippen LogP contribution < -0.4 is 10.6 Å². The lowest BCUT2D eigenvalue weighted by Gasteiger charge is -2.36. The summed E-state index contributed by atoms with van der Waals surface area (Å²) in [6.07, 6.45) is 6.26. The molecule has 3 rings (SSSR count). The molecule has 0 saturated heterocycles. The van der Waals surface area contributed by atoms with E-state index >= 15 is 0 Å². The molecule has 0 aliphatic heterocycles. The van der Waals surface area contributed by atoms with E-state index in [1.807, 2.05) is 87.5 Å². The number of carbonyl (C=O) groups is 3. The zero-order valence-electron chi connectivity index (χ0n) is 28.3. The van der Waals surface area contributed by atoms with Crippen LogP contribution in [0.2, 0.25) is 0 Å². The van der Waals surface area contributed by atoms with E-state index in [1.165, 1.54) is 6.42 Å². The van der Waals surface area contributed by atoms with Crippen LogP contribution in [0.4, 0.5) is 10.5 Å². The summed E-state index contributed by atoms with van der Waals surface area (Å²) in [5.74, 6) is -0.766. The van der Waals surface area contributed by atoms with E-state index in [0.29, 0.717) is 18.7 Å². The van der Waals surface area contributed by atoms with E-state index < -0.39 is 23.8 Å². The van der Waals surface area contributed by atoms with Gasteiger partial charge in [-0.3, -0.25) is 9.59 Å². The highest BCUT2D eigenvalue weighted by Crippen LogP contribution is 2.28. The van der Waals surface area contributed by atoms with Gasteiger partial charge in [0.1, 0.15) is 17.7 Å². The van der Waals surface area contributed by atoms with Crippen molar-refractivity contribution in [2.24, 2.45) is 5.92 Å². The number of hydrogen-bond acceptors (Lipinski definition) is 4. The Morgan fingerprint density at radius 1 is 0.844 bits per heavy atom. The lowest BCUT2D eigenvalue weighted by Crippen LogP contribution is -2.55. The van der Waals surface area contributed by atoms with Crippen molar-refractivity contribution in [3.05, 3.63) is 77.9 Å². The van der Waals surface area contributed by atoms with E-state index in [4.69, 9.17) is 4.74 Å². The van der Waals surface area contributed by atoms with Gasteiger partial charge in [0.25, 0.3) is 5.91 Å². The molecule has 2 N–H and O–H groups in total. The van der Waals surface area contributed by atoms with Crippen molar-refractivity contribution in [3.8, 4) is 0 Å². The second kappa shape index (κ2) is 17.0. The van der Waals surface area contributed by atoms with Crippen molar-refractivity contribution in [3.63, 3.8) is 0 Å². The zero-order chi connectivity index (χ0) is 33.0. The second-order valence-electron chi connectivity index (χ2n) is 13.2. The Balaban J connectivity index is 2.02. The van der Waals surface area contributed by atoms with Gasteiger partial charge in [0.05, 0.1) is 0 Å². The Morgan fingerprint density at radius 3 is 2.20 bits per heavy atom. The number of unbranched alkanes of at least 4 members (excludes halogenated alkanes) is 5. The Kier molecular flexibility index (Phi) is 13.4. The smallest absolute Gasteiger partial charge is 0.408 e. The molecule has 7 nitrogen and oxygen atoms in total. The quantitative estimate of drug-likeness (QED) is 0.167. The summed E-state index contributed by atoms with van der Waals surface area (Å²) in [5.41, 5.74) is 1.67. The third-order valence-electron chi connectivity index (χ3n) is 8.12. The fraction of sp³-hybridized carbons (Fsp3) is 0.500. The van der Waals surface area contributed by atoms with Crippen LogP contribution in [-0.2, 0) is 14.3 Å². The summed E-state index contributed by atoms with van der Waals surface area (Å²) in [7, 11) is 0. The molecule has 244 valence electrons. The number of fused-ring (bicyclic) bond motifs is 1. The summed E-state index contributed by atoms with van der Waals surface area (Å²) in [5, 5.41) is 8.07.